The number of rotatable bonds is 5. The van der Waals surface area contributed by atoms with Crippen LogP contribution in [0.5, 0.6) is 0 Å². The van der Waals surface area contributed by atoms with Gasteiger partial charge < -0.3 is 10.6 Å². The van der Waals surface area contributed by atoms with Crippen molar-refractivity contribution in [3.8, 4) is 0 Å². The van der Waals surface area contributed by atoms with E-state index >= 15 is 0 Å². The van der Waals surface area contributed by atoms with Gasteiger partial charge in [-0.05, 0) is 45.0 Å². The number of nitrogens with two attached hydrogens (primary N) is 1. The number of nitrogen functional groups attached to an aromatic ring is 1. The predicted octanol–water partition coefficient (Wildman–Crippen LogP) is 1.17. The summed E-state index contributed by atoms with van der Waals surface area (Å²) in [6, 6.07) is 5.35. The van der Waals surface area contributed by atoms with Crippen molar-refractivity contribution < 1.29 is 8.42 Å². The summed E-state index contributed by atoms with van der Waals surface area (Å²) in [6.07, 6.45) is 2.30. The van der Waals surface area contributed by atoms with Crippen LogP contribution in [0.1, 0.15) is 19.8 Å². The molecule has 6 heteroatoms. The normalized spacial score (nSPS) is 15.7. The van der Waals surface area contributed by atoms with Gasteiger partial charge in [-0.25, -0.2) is 13.1 Å². The Hall–Kier alpha value is -1.27. The van der Waals surface area contributed by atoms with Gasteiger partial charge in [0, 0.05) is 12.6 Å². The maximum absolute atomic E-state index is 11.8. The third kappa shape index (κ3) is 2.44. The molecule has 0 unspecified atom stereocenters. The summed E-state index contributed by atoms with van der Waals surface area (Å²) >= 11 is 0. The SMILES string of the molecule is CCN(c1cc(S(=O)(=O)NC)ccc1N)C1CC1. The van der Waals surface area contributed by atoms with Gasteiger partial charge in [0.2, 0.25) is 10.0 Å². The van der Waals surface area contributed by atoms with Crippen molar-refractivity contribution in [1.82, 2.24) is 4.72 Å². The Morgan fingerprint density at radius 3 is 2.61 bits per heavy atom. The molecule has 1 aromatic carbocycles. The van der Waals surface area contributed by atoms with Crippen molar-refractivity contribution in [3.63, 3.8) is 0 Å². The van der Waals surface area contributed by atoms with Crippen LogP contribution in [-0.4, -0.2) is 28.1 Å². The van der Waals surface area contributed by atoms with E-state index in [0.29, 0.717) is 11.7 Å². The average Bonchev–Trinajstić information content (AvgIpc) is 3.16. The maximum atomic E-state index is 11.8. The van der Waals surface area contributed by atoms with Crippen molar-refractivity contribution in [1.29, 1.82) is 0 Å². The first-order valence-electron chi connectivity index (χ1n) is 6.09. The summed E-state index contributed by atoms with van der Waals surface area (Å²) < 4.78 is 25.9. The van der Waals surface area contributed by atoms with Crippen molar-refractivity contribution in [2.75, 3.05) is 24.2 Å². The van der Waals surface area contributed by atoms with E-state index < -0.39 is 10.0 Å². The predicted molar refractivity (Wildman–Crippen MR) is 73.1 cm³/mol. The zero-order chi connectivity index (χ0) is 13.3. The lowest BCUT2D eigenvalue weighted by molar-refractivity contribution is 0.588. The molecular formula is C12H19N3O2S. The van der Waals surface area contributed by atoms with Crippen LogP contribution < -0.4 is 15.4 Å². The number of sulfonamides is 1. The Morgan fingerprint density at radius 2 is 2.11 bits per heavy atom. The molecule has 0 saturated heterocycles. The van der Waals surface area contributed by atoms with Crippen LogP contribution in [0.15, 0.2) is 23.1 Å². The van der Waals surface area contributed by atoms with Gasteiger partial charge in [-0.15, -0.1) is 0 Å². The molecule has 3 N–H and O–H groups in total. The minimum atomic E-state index is -3.42. The maximum Gasteiger partial charge on any atom is 0.240 e. The lowest BCUT2D eigenvalue weighted by atomic mass is 10.2. The van der Waals surface area contributed by atoms with Gasteiger partial charge in [0.15, 0.2) is 0 Å². The van der Waals surface area contributed by atoms with Gasteiger partial charge in [-0.1, -0.05) is 0 Å². The molecular weight excluding hydrogens is 250 g/mol. The highest BCUT2D eigenvalue weighted by Crippen LogP contribution is 2.35. The van der Waals surface area contributed by atoms with Crippen molar-refractivity contribution in [2.24, 2.45) is 0 Å². The summed E-state index contributed by atoms with van der Waals surface area (Å²) in [5.41, 5.74) is 7.40. The average molecular weight is 269 g/mol. The van der Waals surface area contributed by atoms with Crippen LogP contribution in [-0.2, 0) is 10.0 Å². The fourth-order valence-electron chi connectivity index (χ4n) is 2.07. The van der Waals surface area contributed by atoms with Gasteiger partial charge in [0.1, 0.15) is 0 Å². The van der Waals surface area contributed by atoms with Gasteiger partial charge in [-0.2, -0.15) is 0 Å². The molecule has 0 atom stereocenters. The molecule has 0 heterocycles. The van der Waals surface area contributed by atoms with Crippen molar-refractivity contribution >= 4 is 21.4 Å². The fourth-order valence-corrected chi connectivity index (χ4v) is 2.82. The molecule has 1 aromatic rings. The van der Waals surface area contributed by atoms with E-state index in [1.165, 1.54) is 13.1 Å². The van der Waals surface area contributed by atoms with Gasteiger partial charge in [0.25, 0.3) is 0 Å². The topological polar surface area (TPSA) is 75.4 Å². The van der Waals surface area contributed by atoms with Crippen LogP contribution in [0.25, 0.3) is 0 Å². The first-order chi connectivity index (χ1) is 8.49. The van der Waals surface area contributed by atoms with E-state index in [2.05, 4.69) is 16.5 Å². The Kier molecular flexibility index (Phi) is 3.49. The van der Waals surface area contributed by atoms with Crippen LogP contribution in [0.3, 0.4) is 0 Å². The van der Waals surface area contributed by atoms with E-state index in [9.17, 15) is 8.42 Å². The molecule has 1 aliphatic carbocycles. The molecule has 0 bridgehead atoms. The first kappa shape index (κ1) is 13.2. The molecule has 100 valence electrons. The number of anilines is 2. The van der Waals surface area contributed by atoms with E-state index in [1.54, 1.807) is 12.1 Å². The largest absolute Gasteiger partial charge is 0.397 e. The summed E-state index contributed by atoms with van der Waals surface area (Å²) in [6.45, 7) is 2.88. The molecule has 1 fully saturated rings. The van der Waals surface area contributed by atoms with Gasteiger partial charge >= 0.3 is 0 Å². The zero-order valence-electron chi connectivity index (χ0n) is 10.7. The van der Waals surface area contributed by atoms with Crippen molar-refractivity contribution in [2.45, 2.75) is 30.7 Å². The van der Waals surface area contributed by atoms with Crippen LogP contribution >= 0.6 is 0 Å². The Bertz CT molecular complexity index is 538. The third-order valence-electron chi connectivity index (χ3n) is 3.22. The Morgan fingerprint density at radius 1 is 1.44 bits per heavy atom. The second kappa shape index (κ2) is 4.78. The molecule has 2 rings (SSSR count). The first-order valence-corrected chi connectivity index (χ1v) is 7.57. The molecule has 1 aliphatic rings. The number of benzene rings is 1. The number of hydrogen-bond acceptors (Lipinski definition) is 4. The second-order valence-corrected chi connectivity index (χ2v) is 6.33. The molecule has 0 aromatic heterocycles. The van der Waals surface area contributed by atoms with Gasteiger partial charge in [-0.3, -0.25) is 0 Å². The van der Waals surface area contributed by atoms with Crippen LogP contribution in [0.2, 0.25) is 0 Å². The molecule has 1 saturated carbocycles. The smallest absolute Gasteiger partial charge is 0.240 e. The molecule has 0 aliphatic heterocycles. The Labute approximate surface area is 108 Å². The minimum absolute atomic E-state index is 0.258. The third-order valence-corrected chi connectivity index (χ3v) is 4.63. The monoisotopic (exact) mass is 269 g/mol. The standard InChI is InChI=1S/C12H19N3O2S/c1-3-15(9-4-5-9)12-8-10(6-7-11(12)13)18(16,17)14-2/h6-9,14H,3-5,13H2,1-2H3. The van der Waals surface area contributed by atoms with E-state index in [1.807, 2.05) is 0 Å². The van der Waals surface area contributed by atoms with E-state index in [0.717, 1.165) is 25.1 Å². The molecule has 5 nitrogen and oxygen atoms in total. The molecule has 0 amide bonds. The van der Waals surface area contributed by atoms with Crippen molar-refractivity contribution in [3.05, 3.63) is 18.2 Å². The molecule has 0 spiro atoms. The highest BCUT2D eigenvalue weighted by atomic mass is 32.2. The number of nitrogens with zero attached hydrogens (tertiary/aromatic N) is 1. The molecule has 18 heavy (non-hydrogen) atoms. The summed E-state index contributed by atoms with van der Waals surface area (Å²) in [5, 5.41) is 0. The van der Waals surface area contributed by atoms with Gasteiger partial charge in [0.05, 0.1) is 16.3 Å². The lowest BCUT2D eigenvalue weighted by Crippen LogP contribution is -2.26. The highest BCUT2D eigenvalue weighted by Gasteiger charge is 2.29. The lowest BCUT2D eigenvalue weighted by Gasteiger charge is -2.24. The van der Waals surface area contributed by atoms with Crippen LogP contribution in [0, 0.1) is 0 Å². The summed E-state index contributed by atoms with van der Waals surface area (Å²) in [5.74, 6) is 0. The Balaban J connectivity index is 2.43. The quantitative estimate of drug-likeness (QED) is 0.787. The van der Waals surface area contributed by atoms with Crippen LogP contribution in [0.4, 0.5) is 11.4 Å². The molecule has 0 radical (unpaired) electrons. The fraction of sp³-hybridized carbons (Fsp3) is 0.500. The highest BCUT2D eigenvalue weighted by molar-refractivity contribution is 7.89. The zero-order valence-corrected chi connectivity index (χ0v) is 11.5. The minimum Gasteiger partial charge on any atom is -0.397 e. The van der Waals surface area contributed by atoms with E-state index in [4.69, 9.17) is 5.73 Å². The number of nitrogens with one attached hydrogen (secondary N) is 1. The number of hydrogen-bond donors (Lipinski definition) is 2. The summed E-state index contributed by atoms with van der Waals surface area (Å²) in [4.78, 5) is 2.43. The summed E-state index contributed by atoms with van der Waals surface area (Å²) in [7, 11) is -2.01. The van der Waals surface area contributed by atoms with E-state index in [-0.39, 0.29) is 4.90 Å². The second-order valence-electron chi connectivity index (χ2n) is 4.45.